The zero-order valence-electron chi connectivity index (χ0n) is 13.5. The second kappa shape index (κ2) is 8.28. The van der Waals surface area contributed by atoms with Gasteiger partial charge in [-0.15, -0.1) is 0 Å². The van der Waals surface area contributed by atoms with E-state index in [0.29, 0.717) is 19.1 Å². The maximum atomic E-state index is 10.1. The van der Waals surface area contributed by atoms with Crippen LogP contribution >= 0.6 is 0 Å². The van der Waals surface area contributed by atoms with Crippen LogP contribution in [-0.2, 0) is 0 Å². The summed E-state index contributed by atoms with van der Waals surface area (Å²) in [5, 5.41) is 10.1. The van der Waals surface area contributed by atoms with E-state index in [9.17, 15) is 5.11 Å². The monoisotopic (exact) mass is 279 g/mol. The molecule has 0 saturated carbocycles. The first-order chi connectivity index (χ1) is 9.47. The number of nitrogens with zero attached hydrogens (tertiary/aromatic N) is 1. The third-order valence-electron chi connectivity index (χ3n) is 3.59. The average Bonchev–Trinajstić information content (AvgIpc) is 2.42. The normalized spacial score (nSPS) is 13.0. The molecule has 0 radical (unpaired) electrons. The minimum atomic E-state index is -0.449. The summed E-state index contributed by atoms with van der Waals surface area (Å²) >= 11 is 0. The molecule has 0 fully saturated rings. The summed E-state index contributed by atoms with van der Waals surface area (Å²) in [6.45, 7) is 13.5. The molecule has 1 rings (SSSR count). The Kier molecular flexibility index (Phi) is 7.03. The fourth-order valence-corrected chi connectivity index (χ4v) is 2.26. The highest BCUT2D eigenvalue weighted by molar-refractivity contribution is 5.39. The first-order valence-corrected chi connectivity index (χ1v) is 7.61. The molecule has 1 aromatic carbocycles. The Labute approximate surface area is 123 Å². The van der Waals surface area contributed by atoms with Crippen LogP contribution in [0.25, 0.3) is 0 Å². The van der Waals surface area contributed by atoms with Gasteiger partial charge in [-0.25, -0.2) is 0 Å². The summed E-state index contributed by atoms with van der Waals surface area (Å²) in [6, 6.07) is 6.28. The van der Waals surface area contributed by atoms with Crippen molar-refractivity contribution in [3.8, 4) is 5.75 Å². The highest BCUT2D eigenvalue weighted by Crippen LogP contribution is 2.27. The van der Waals surface area contributed by atoms with Crippen molar-refractivity contribution in [2.75, 3.05) is 26.2 Å². The van der Waals surface area contributed by atoms with Crippen LogP contribution in [0.2, 0.25) is 0 Å². The first kappa shape index (κ1) is 17.0. The molecule has 1 aromatic rings. The van der Waals surface area contributed by atoms with Gasteiger partial charge < -0.3 is 14.7 Å². The van der Waals surface area contributed by atoms with Gasteiger partial charge in [0.1, 0.15) is 18.5 Å². The number of hydrogen-bond acceptors (Lipinski definition) is 3. The van der Waals surface area contributed by atoms with Gasteiger partial charge in [-0.2, -0.15) is 0 Å². The van der Waals surface area contributed by atoms with Crippen molar-refractivity contribution in [2.45, 2.75) is 46.6 Å². The molecule has 0 aromatic heterocycles. The molecule has 1 unspecified atom stereocenters. The smallest absolute Gasteiger partial charge is 0.123 e. The third-order valence-corrected chi connectivity index (χ3v) is 3.59. The minimum absolute atomic E-state index is 0.347. The van der Waals surface area contributed by atoms with Crippen molar-refractivity contribution in [1.29, 1.82) is 0 Å². The lowest BCUT2D eigenvalue weighted by Crippen LogP contribution is -2.35. The Hall–Kier alpha value is -1.06. The second-order valence-electron chi connectivity index (χ2n) is 5.65. The number of aliphatic hydroxyl groups excluding tert-OH is 1. The van der Waals surface area contributed by atoms with Crippen molar-refractivity contribution in [1.82, 2.24) is 4.90 Å². The van der Waals surface area contributed by atoms with Crippen LogP contribution in [0, 0.1) is 6.92 Å². The van der Waals surface area contributed by atoms with Crippen LogP contribution in [-0.4, -0.2) is 42.4 Å². The van der Waals surface area contributed by atoms with Crippen molar-refractivity contribution >= 4 is 0 Å². The van der Waals surface area contributed by atoms with E-state index in [1.807, 2.05) is 0 Å². The van der Waals surface area contributed by atoms with E-state index in [4.69, 9.17) is 4.74 Å². The molecule has 0 aliphatic carbocycles. The SMILES string of the molecule is CCN(CC)CC(O)COc1cc(C)ccc1C(C)C. The van der Waals surface area contributed by atoms with Gasteiger partial charge in [-0.05, 0) is 43.1 Å². The minimum Gasteiger partial charge on any atom is -0.491 e. The summed E-state index contributed by atoms with van der Waals surface area (Å²) in [4.78, 5) is 2.20. The Balaban J connectivity index is 2.62. The molecule has 0 amide bonds. The highest BCUT2D eigenvalue weighted by atomic mass is 16.5. The van der Waals surface area contributed by atoms with E-state index < -0.39 is 6.10 Å². The number of ether oxygens (including phenoxy) is 1. The van der Waals surface area contributed by atoms with E-state index in [1.54, 1.807) is 0 Å². The van der Waals surface area contributed by atoms with Crippen molar-refractivity contribution < 1.29 is 9.84 Å². The molecule has 3 heteroatoms. The highest BCUT2D eigenvalue weighted by Gasteiger charge is 2.12. The largest absolute Gasteiger partial charge is 0.491 e. The molecule has 0 bridgehead atoms. The molecule has 0 heterocycles. The van der Waals surface area contributed by atoms with Crippen LogP contribution in [0.15, 0.2) is 18.2 Å². The summed E-state index contributed by atoms with van der Waals surface area (Å²) in [6.07, 6.45) is -0.449. The van der Waals surface area contributed by atoms with Gasteiger partial charge in [-0.1, -0.05) is 39.8 Å². The molecule has 114 valence electrons. The van der Waals surface area contributed by atoms with Gasteiger partial charge in [0.25, 0.3) is 0 Å². The van der Waals surface area contributed by atoms with Gasteiger partial charge in [0, 0.05) is 6.54 Å². The van der Waals surface area contributed by atoms with Gasteiger partial charge in [0.2, 0.25) is 0 Å². The number of rotatable bonds is 8. The molecule has 3 nitrogen and oxygen atoms in total. The van der Waals surface area contributed by atoms with E-state index in [1.165, 1.54) is 11.1 Å². The molecule has 1 atom stereocenters. The van der Waals surface area contributed by atoms with Gasteiger partial charge in [0.15, 0.2) is 0 Å². The topological polar surface area (TPSA) is 32.7 Å². The Morgan fingerprint density at radius 3 is 2.40 bits per heavy atom. The predicted octanol–water partition coefficient (Wildman–Crippen LogP) is 3.20. The Morgan fingerprint density at radius 1 is 1.20 bits per heavy atom. The summed E-state index contributed by atoms with van der Waals surface area (Å²) in [5.41, 5.74) is 2.38. The van der Waals surface area contributed by atoms with E-state index in [-0.39, 0.29) is 0 Å². The van der Waals surface area contributed by atoms with Crippen molar-refractivity contribution in [2.24, 2.45) is 0 Å². The second-order valence-corrected chi connectivity index (χ2v) is 5.65. The average molecular weight is 279 g/mol. The van der Waals surface area contributed by atoms with Crippen LogP contribution in [0.4, 0.5) is 0 Å². The van der Waals surface area contributed by atoms with E-state index >= 15 is 0 Å². The molecule has 0 spiro atoms. The predicted molar refractivity (Wildman–Crippen MR) is 84.6 cm³/mol. The molecule has 1 N–H and O–H groups in total. The summed E-state index contributed by atoms with van der Waals surface area (Å²) in [7, 11) is 0. The van der Waals surface area contributed by atoms with Crippen LogP contribution in [0.5, 0.6) is 5.75 Å². The van der Waals surface area contributed by atoms with Crippen molar-refractivity contribution in [3.05, 3.63) is 29.3 Å². The Bertz CT molecular complexity index is 400. The molecule has 0 aliphatic rings. The number of aryl methyl sites for hydroxylation is 1. The summed E-state index contributed by atoms with van der Waals surface area (Å²) in [5.74, 6) is 1.32. The lowest BCUT2D eigenvalue weighted by atomic mass is 10.0. The quantitative estimate of drug-likeness (QED) is 0.793. The van der Waals surface area contributed by atoms with Gasteiger partial charge in [-0.3, -0.25) is 0 Å². The molecule has 20 heavy (non-hydrogen) atoms. The van der Waals surface area contributed by atoms with E-state index in [0.717, 1.165) is 18.8 Å². The molecule has 0 aliphatic heterocycles. The Morgan fingerprint density at radius 2 is 1.85 bits per heavy atom. The number of aliphatic hydroxyl groups is 1. The zero-order valence-corrected chi connectivity index (χ0v) is 13.5. The third kappa shape index (κ3) is 5.14. The fourth-order valence-electron chi connectivity index (χ4n) is 2.26. The maximum absolute atomic E-state index is 10.1. The number of likely N-dealkylation sites (N-methyl/N-ethyl adjacent to an activating group) is 1. The molecular formula is C17H29NO2. The number of benzene rings is 1. The standard InChI is InChI=1S/C17H29NO2/c1-6-18(7-2)11-15(19)12-20-17-10-14(5)8-9-16(17)13(3)4/h8-10,13,15,19H,6-7,11-12H2,1-5H3. The lowest BCUT2D eigenvalue weighted by Gasteiger charge is -2.23. The fraction of sp³-hybridized carbons (Fsp3) is 0.647. The first-order valence-electron chi connectivity index (χ1n) is 7.61. The van der Waals surface area contributed by atoms with E-state index in [2.05, 4.69) is 57.7 Å². The summed E-state index contributed by atoms with van der Waals surface area (Å²) < 4.78 is 5.85. The number of hydrogen-bond donors (Lipinski definition) is 1. The van der Waals surface area contributed by atoms with Crippen LogP contribution < -0.4 is 4.74 Å². The van der Waals surface area contributed by atoms with Crippen LogP contribution in [0.3, 0.4) is 0 Å². The lowest BCUT2D eigenvalue weighted by molar-refractivity contribution is 0.0711. The molecule has 0 saturated heterocycles. The van der Waals surface area contributed by atoms with Gasteiger partial charge >= 0.3 is 0 Å². The van der Waals surface area contributed by atoms with Crippen molar-refractivity contribution in [3.63, 3.8) is 0 Å². The maximum Gasteiger partial charge on any atom is 0.123 e. The zero-order chi connectivity index (χ0) is 15.1. The molecular weight excluding hydrogens is 250 g/mol. The van der Waals surface area contributed by atoms with Gasteiger partial charge in [0.05, 0.1) is 0 Å². The van der Waals surface area contributed by atoms with Crippen LogP contribution in [0.1, 0.15) is 44.7 Å².